The minimum Gasteiger partial charge on any atom is -0.489 e. The molecule has 0 spiro atoms. The number of benzene rings is 2. The van der Waals surface area contributed by atoms with Crippen molar-refractivity contribution in [2.75, 3.05) is 12.3 Å². The number of rotatable bonds is 9. The first-order valence-corrected chi connectivity index (χ1v) is 11.6. The number of hydrogen-bond donors (Lipinski definition) is 2. The van der Waals surface area contributed by atoms with E-state index >= 15 is 0 Å². The number of amides is 1. The van der Waals surface area contributed by atoms with Crippen LogP contribution in [0.25, 0.3) is 0 Å². The molecule has 0 aliphatic heterocycles. The Hall–Kier alpha value is -4.11. The number of nitrogen functional groups attached to an aromatic ring is 1. The molecule has 0 saturated heterocycles. The molecule has 36 heavy (non-hydrogen) atoms. The van der Waals surface area contributed by atoms with Gasteiger partial charge in [0, 0.05) is 23.5 Å². The highest BCUT2D eigenvalue weighted by Gasteiger charge is 2.16. The summed E-state index contributed by atoms with van der Waals surface area (Å²) in [7, 11) is 0. The van der Waals surface area contributed by atoms with Gasteiger partial charge in [0.1, 0.15) is 23.2 Å². The van der Waals surface area contributed by atoms with Gasteiger partial charge in [-0.05, 0) is 42.3 Å². The van der Waals surface area contributed by atoms with Crippen molar-refractivity contribution in [3.63, 3.8) is 0 Å². The van der Waals surface area contributed by atoms with Gasteiger partial charge in [0.15, 0.2) is 5.82 Å². The van der Waals surface area contributed by atoms with Crippen LogP contribution in [-0.4, -0.2) is 32.9 Å². The van der Waals surface area contributed by atoms with Crippen LogP contribution in [0.4, 0.5) is 10.2 Å². The van der Waals surface area contributed by atoms with Crippen LogP contribution in [0, 0.1) is 5.82 Å². The highest BCUT2D eigenvalue weighted by Crippen LogP contribution is 2.18. The summed E-state index contributed by atoms with van der Waals surface area (Å²) in [6.07, 6.45) is 2.48. The Balaban J connectivity index is 1.33. The van der Waals surface area contributed by atoms with Gasteiger partial charge >= 0.3 is 0 Å². The van der Waals surface area contributed by atoms with E-state index in [9.17, 15) is 14.0 Å². The summed E-state index contributed by atoms with van der Waals surface area (Å²) in [6, 6.07) is 16.9. The van der Waals surface area contributed by atoms with E-state index in [1.165, 1.54) is 16.8 Å². The van der Waals surface area contributed by atoms with Crippen molar-refractivity contribution in [3.8, 4) is 5.75 Å². The third-order valence-electron chi connectivity index (χ3n) is 5.39. The van der Waals surface area contributed by atoms with E-state index in [4.69, 9.17) is 22.1 Å². The molecule has 1 unspecified atom stereocenters. The lowest BCUT2D eigenvalue weighted by Crippen LogP contribution is -2.33. The van der Waals surface area contributed by atoms with E-state index in [-0.39, 0.29) is 42.0 Å². The van der Waals surface area contributed by atoms with E-state index in [1.54, 1.807) is 35.1 Å². The van der Waals surface area contributed by atoms with Crippen molar-refractivity contribution < 1.29 is 13.9 Å². The second kappa shape index (κ2) is 11.1. The molecule has 1 atom stereocenters. The molecule has 4 rings (SSSR count). The molecule has 10 heteroatoms. The number of carbonyl (C=O) groups is 1. The molecule has 1 amide bonds. The van der Waals surface area contributed by atoms with Gasteiger partial charge in [-0.3, -0.25) is 14.3 Å². The van der Waals surface area contributed by atoms with Gasteiger partial charge in [0.05, 0.1) is 19.6 Å². The van der Waals surface area contributed by atoms with Gasteiger partial charge in [0.25, 0.3) is 11.5 Å². The molecular weight excluding hydrogens is 485 g/mol. The average molecular weight is 510 g/mol. The molecule has 2 aromatic carbocycles. The van der Waals surface area contributed by atoms with Crippen molar-refractivity contribution in [2.24, 2.45) is 0 Å². The molecule has 2 heterocycles. The van der Waals surface area contributed by atoms with Crippen LogP contribution < -0.4 is 21.3 Å². The van der Waals surface area contributed by atoms with Crippen LogP contribution in [0.5, 0.6) is 5.75 Å². The van der Waals surface area contributed by atoms with Gasteiger partial charge in [-0.2, -0.15) is 5.10 Å². The van der Waals surface area contributed by atoms with Gasteiger partial charge < -0.3 is 20.4 Å². The van der Waals surface area contributed by atoms with Gasteiger partial charge in [-0.25, -0.2) is 4.39 Å². The third-order valence-corrected chi connectivity index (χ3v) is 5.62. The predicted molar refractivity (Wildman–Crippen MR) is 136 cm³/mol. The highest BCUT2D eigenvalue weighted by molar-refractivity contribution is 6.30. The second-order valence-corrected chi connectivity index (χ2v) is 8.79. The molecule has 0 saturated carbocycles. The van der Waals surface area contributed by atoms with Crippen LogP contribution in [0.1, 0.15) is 28.4 Å². The van der Waals surface area contributed by atoms with E-state index < -0.39 is 5.82 Å². The fourth-order valence-corrected chi connectivity index (χ4v) is 3.78. The number of aromatic nitrogens is 3. The first kappa shape index (κ1) is 25.0. The van der Waals surface area contributed by atoms with Crippen molar-refractivity contribution in [1.29, 1.82) is 0 Å². The molecule has 4 aromatic rings. The Morgan fingerprint density at radius 3 is 2.56 bits per heavy atom. The number of pyridine rings is 1. The maximum absolute atomic E-state index is 13.4. The van der Waals surface area contributed by atoms with E-state index in [2.05, 4.69) is 10.4 Å². The summed E-state index contributed by atoms with van der Waals surface area (Å²) >= 11 is 5.97. The topological polar surface area (TPSA) is 104 Å². The highest BCUT2D eigenvalue weighted by atomic mass is 35.5. The molecule has 2 aromatic heterocycles. The number of carbonyl (C=O) groups excluding carboxylic acids is 1. The number of nitrogens with zero attached hydrogens (tertiary/aromatic N) is 3. The quantitative estimate of drug-likeness (QED) is 0.358. The molecular formula is C26H25ClFN5O3. The fraction of sp³-hybridized carbons (Fsp3) is 0.192. The molecule has 0 aliphatic rings. The molecule has 8 nitrogen and oxygen atoms in total. The van der Waals surface area contributed by atoms with E-state index in [1.807, 2.05) is 31.2 Å². The van der Waals surface area contributed by atoms with E-state index in [0.29, 0.717) is 17.3 Å². The average Bonchev–Trinajstić information content (AvgIpc) is 3.21. The van der Waals surface area contributed by atoms with E-state index in [0.717, 1.165) is 17.2 Å². The van der Waals surface area contributed by atoms with Crippen LogP contribution in [0.15, 0.2) is 77.9 Å². The summed E-state index contributed by atoms with van der Waals surface area (Å²) in [5.74, 6) is -0.0785. The Bertz CT molecular complexity index is 1420. The molecule has 3 N–H and O–H groups in total. The SMILES string of the molecule is CC(CNC(=O)c1cn(Cc2ccc(Cn3cc(F)ccc3=O)cc2)nc1N)Oc1cccc(Cl)c1. The molecule has 0 fully saturated rings. The third kappa shape index (κ3) is 6.51. The monoisotopic (exact) mass is 509 g/mol. The minimum atomic E-state index is -0.467. The smallest absolute Gasteiger partial charge is 0.256 e. The summed E-state index contributed by atoms with van der Waals surface area (Å²) in [6.45, 7) is 2.76. The largest absolute Gasteiger partial charge is 0.489 e. The number of ether oxygens (including phenoxy) is 1. The Kier molecular flexibility index (Phi) is 7.70. The summed E-state index contributed by atoms with van der Waals surface area (Å²) < 4.78 is 22.1. The number of anilines is 1. The van der Waals surface area contributed by atoms with Crippen molar-refractivity contribution in [2.45, 2.75) is 26.1 Å². The fourth-order valence-electron chi connectivity index (χ4n) is 3.60. The van der Waals surface area contributed by atoms with Gasteiger partial charge in [-0.1, -0.05) is 41.9 Å². The first-order chi connectivity index (χ1) is 17.3. The number of halogens is 2. The van der Waals surface area contributed by atoms with Crippen LogP contribution in [0.2, 0.25) is 5.02 Å². The zero-order chi connectivity index (χ0) is 25.7. The normalized spacial score (nSPS) is 11.8. The lowest BCUT2D eigenvalue weighted by atomic mass is 10.1. The zero-order valence-corrected chi connectivity index (χ0v) is 20.3. The standard InChI is InChI=1S/C26H25ClFN5O3/c1-17(36-22-4-2-3-20(27)11-22)12-30-26(35)23-16-33(31-25(23)29)14-19-7-5-18(6-8-19)13-32-15-21(28)9-10-24(32)34/h2-11,15-17H,12-14H2,1H3,(H2,29,31)(H,30,35). The van der Waals surface area contributed by atoms with Crippen LogP contribution >= 0.6 is 11.6 Å². The summed E-state index contributed by atoms with van der Waals surface area (Å²) in [5.41, 5.74) is 7.74. The maximum atomic E-state index is 13.4. The lowest BCUT2D eigenvalue weighted by Gasteiger charge is -2.15. The van der Waals surface area contributed by atoms with Crippen molar-refractivity contribution in [3.05, 3.63) is 111 Å². The lowest BCUT2D eigenvalue weighted by molar-refractivity contribution is 0.0933. The number of nitrogens with one attached hydrogen (secondary N) is 1. The maximum Gasteiger partial charge on any atom is 0.256 e. The molecule has 186 valence electrons. The Labute approximate surface area is 212 Å². The minimum absolute atomic E-state index is 0.123. The second-order valence-electron chi connectivity index (χ2n) is 8.35. The molecule has 0 radical (unpaired) electrons. The summed E-state index contributed by atoms with van der Waals surface area (Å²) in [4.78, 5) is 24.5. The Morgan fingerprint density at radius 1 is 1.11 bits per heavy atom. The van der Waals surface area contributed by atoms with Crippen molar-refractivity contribution >= 4 is 23.3 Å². The number of hydrogen-bond acceptors (Lipinski definition) is 5. The first-order valence-electron chi connectivity index (χ1n) is 11.2. The summed E-state index contributed by atoms with van der Waals surface area (Å²) in [5, 5.41) is 7.62. The van der Waals surface area contributed by atoms with Gasteiger partial charge in [0.2, 0.25) is 0 Å². The Morgan fingerprint density at radius 2 is 1.83 bits per heavy atom. The van der Waals surface area contributed by atoms with Gasteiger partial charge in [-0.15, -0.1) is 0 Å². The molecule has 0 bridgehead atoms. The predicted octanol–water partition coefficient (Wildman–Crippen LogP) is 3.71. The van der Waals surface area contributed by atoms with Crippen LogP contribution in [-0.2, 0) is 13.1 Å². The van der Waals surface area contributed by atoms with Crippen molar-refractivity contribution in [1.82, 2.24) is 19.7 Å². The number of nitrogens with two attached hydrogens (primary N) is 1. The zero-order valence-electron chi connectivity index (χ0n) is 19.5. The van der Waals surface area contributed by atoms with Crippen LogP contribution in [0.3, 0.4) is 0 Å². The molecule has 0 aliphatic carbocycles.